The first-order valence-electron chi connectivity index (χ1n) is 13.1. The molecule has 1 aliphatic carbocycles. The molecule has 41 heavy (non-hydrogen) atoms. The number of nitrogens with two attached hydrogens (primary N) is 1. The Morgan fingerprint density at radius 1 is 1.15 bits per heavy atom. The van der Waals surface area contributed by atoms with Crippen molar-refractivity contribution < 1.29 is 22.3 Å². The van der Waals surface area contributed by atoms with E-state index in [1.54, 1.807) is 13.3 Å². The molecule has 0 saturated carbocycles. The third kappa shape index (κ3) is 9.11. The zero-order chi connectivity index (χ0) is 27.8. The molecule has 3 atom stereocenters. The van der Waals surface area contributed by atoms with E-state index in [9.17, 15) is 17.6 Å². The summed E-state index contributed by atoms with van der Waals surface area (Å²) in [5.41, 5.74) is 9.71. The molecule has 1 aromatic heterocycles. The third-order valence-electron chi connectivity index (χ3n) is 7.16. The lowest BCUT2D eigenvalue weighted by Crippen LogP contribution is -2.49. The van der Waals surface area contributed by atoms with Crippen molar-refractivity contribution in [3.8, 4) is 5.75 Å². The van der Waals surface area contributed by atoms with Gasteiger partial charge >= 0.3 is 0 Å². The number of halogens is 3. The molecule has 224 valence electrons. The molecule has 0 bridgehead atoms. The zero-order valence-corrected chi connectivity index (χ0v) is 25.2. The number of hydrogen-bond acceptors (Lipinski definition) is 6. The third-order valence-corrected chi connectivity index (χ3v) is 8.66. The van der Waals surface area contributed by atoms with E-state index in [-0.39, 0.29) is 54.1 Å². The Balaban J connectivity index is 0.00000294. The van der Waals surface area contributed by atoms with Crippen molar-refractivity contribution in [1.29, 1.82) is 0 Å². The number of aromatic nitrogens is 1. The Labute approximate surface area is 253 Å². The number of carbonyl (C=O) groups excluding carboxylic acids is 1. The summed E-state index contributed by atoms with van der Waals surface area (Å²) >= 11 is 0. The number of nitrogens with zero attached hydrogens (tertiary/aromatic N) is 1. The molecule has 1 heterocycles. The molecule has 2 aromatic carbocycles. The number of hydrogen-bond donors (Lipinski definition) is 3. The predicted molar refractivity (Wildman–Crippen MR) is 162 cm³/mol. The maximum atomic E-state index is 13.8. The van der Waals surface area contributed by atoms with E-state index in [1.165, 1.54) is 29.3 Å². The van der Waals surface area contributed by atoms with Crippen LogP contribution in [0.2, 0.25) is 0 Å². The zero-order valence-electron chi connectivity index (χ0n) is 22.8. The fourth-order valence-electron chi connectivity index (χ4n) is 5.07. The van der Waals surface area contributed by atoms with Crippen LogP contribution in [0.4, 0.5) is 4.39 Å². The highest BCUT2D eigenvalue weighted by molar-refractivity contribution is 7.89. The van der Waals surface area contributed by atoms with Gasteiger partial charge in [0.2, 0.25) is 15.9 Å². The van der Waals surface area contributed by atoms with Crippen LogP contribution in [0.5, 0.6) is 5.75 Å². The number of methoxy groups -OCH3 is 1. The minimum atomic E-state index is -3.94. The van der Waals surface area contributed by atoms with Gasteiger partial charge in [0.05, 0.1) is 13.2 Å². The maximum absolute atomic E-state index is 13.8. The van der Waals surface area contributed by atoms with Crippen LogP contribution in [-0.4, -0.2) is 45.0 Å². The smallest absolute Gasteiger partial charge is 0.243 e. The van der Waals surface area contributed by atoms with Crippen molar-refractivity contribution in [2.75, 3.05) is 13.7 Å². The van der Waals surface area contributed by atoms with Crippen LogP contribution < -0.4 is 20.5 Å². The molecular weight excluding hydrogens is 590 g/mol. The number of unbranched alkanes of at least 4 members (excludes halogenated alkanes) is 1. The number of sulfonamides is 1. The molecule has 0 fully saturated rings. The van der Waals surface area contributed by atoms with Gasteiger partial charge in [0.25, 0.3) is 0 Å². The number of carbonyl (C=O) groups is 1. The number of fused-ring (bicyclic) bond motifs is 1. The summed E-state index contributed by atoms with van der Waals surface area (Å²) < 4.78 is 46.3. The highest BCUT2D eigenvalue weighted by Gasteiger charge is 2.32. The Kier molecular flexibility index (Phi) is 13.5. The lowest BCUT2D eigenvalue weighted by molar-refractivity contribution is -0.123. The summed E-state index contributed by atoms with van der Waals surface area (Å²) in [5, 5.41) is 3.18. The summed E-state index contributed by atoms with van der Waals surface area (Å²) in [7, 11) is -2.28. The number of amides is 1. The molecule has 0 spiro atoms. The van der Waals surface area contributed by atoms with Gasteiger partial charge < -0.3 is 15.8 Å². The monoisotopic (exact) mass is 626 g/mol. The molecule has 12 heteroatoms. The van der Waals surface area contributed by atoms with Gasteiger partial charge in [-0.1, -0.05) is 30.7 Å². The first kappa shape index (κ1) is 34.4. The van der Waals surface area contributed by atoms with Gasteiger partial charge in [-0.05, 0) is 79.1 Å². The van der Waals surface area contributed by atoms with Crippen LogP contribution in [0.15, 0.2) is 71.9 Å². The fraction of sp³-hybridized carbons (Fsp3) is 0.379. The average Bonchev–Trinajstić information content (AvgIpc) is 2.94. The van der Waals surface area contributed by atoms with Crippen molar-refractivity contribution >= 4 is 40.7 Å². The van der Waals surface area contributed by atoms with Crippen molar-refractivity contribution in [3.63, 3.8) is 0 Å². The quantitative estimate of drug-likeness (QED) is 0.258. The van der Waals surface area contributed by atoms with E-state index in [0.29, 0.717) is 19.3 Å². The van der Waals surface area contributed by atoms with Crippen molar-refractivity contribution in [1.82, 2.24) is 15.0 Å². The van der Waals surface area contributed by atoms with Gasteiger partial charge in [0.1, 0.15) is 16.5 Å². The highest BCUT2D eigenvalue weighted by atomic mass is 35.5. The second-order valence-electron chi connectivity index (χ2n) is 9.82. The van der Waals surface area contributed by atoms with Crippen molar-refractivity contribution in [3.05, 3.63) is 89.5 Å². The van der Waals surface area contributed by atoms with Gasteiger partial charge in [-0.25, -0.2) is 17.5 Å². The number of ether oxygens (including phenoxy) is 1. The number of benzene rings is 2. The Morgan fingerprint density at radius 2 is 1.93 bits per heavy atom. The predicted octanol–water partition coefficient (Wildman–Crippen LogP) is 4.31. The second-order valence-corrected chi connectivity index (χ2v) is 11.6. The van der Waals surface area contributed by atoms with Crippen molar-refractivity contribution in [2.24, 2.45) is 5.73 Å². The molecule has 3 unspecified atom stereocenters. The summed E-state index contributed by atoms with van der Waals surface area (Å²) in [6.07, 6.45) is 7.34. The molecule has 8 nitrogen and oxygen atoms in total. The van der Waals surface area contributed by atoms with E-state index in [1.807, 2.05) is 24.4 Å². The standard InChI is InChI=1S/C29H35FN4O4S.2ClH/c1-38-22-12-13-23-21(18-22)11-14-27(24(23)17-20-7-6-15-32-19-20)34-29(35)26(31)9-4-5-16-33-39(36,37)28-10-3-2-8-25(28)30;;/h2-3,6-8,10,12-13,15,18-19,24,26-27,33H,4-5,9,11,14,16-17,31H2,1H3,(H,34,35);2*1H. The molecule has 0 saturated heterocycles. The maximum Gasteiger partial charge on any atom is 0.243 e. The fourth-order valence-corrected chi connectivity index (χ4v) is 6.22. The largest absolute Gasteiger partial charge is 0.497 e. The Hall–Kier alpha value is -2.76. The summed E-state index contributed by atoms with van der Waals surface area (Å²) in [6.45, 7) is 0.126. The molecule has 1 amide bonds. The number of pyridine rings is 1. The van der Waals surface area contributed by atoms with Crippen LogP contribution in [0.3, 0.4) is 0 Å². The van der Waals surface area contributed by atoms with E-state index < -0.39 is 21.9 Å². The summed E-state index contributed by atoms with van der Waals surface area (Å²) in [6, 6.07) is 14.5. The van der Waals surface area contributed by atoms with Gasteiger partial charge in [-0.15, -0.1) is 24.8 Å². The second kappa shape index (κ2) is 16.0. The molecular formula is C29H37Cl2FN4O4S. The topological polar surface area (TPSA) is 123 Å². The number of aryl methyl sites for hydroxylation is 1. The minimum Gasteiger partial charge on any atom is -0.497 e. The van der Waals surface area contributed by atoms with E-state index in [4.69, 9.17) is 10.5 Å². The molecule has 0 aliphatic heterocycles. The average molecular weight is 628 g/mol. The van der Waals surface area contributed by atoms with Crippen LogP contribution in [0.25, 0.3) is 0 Å². The molecule has 3 aromatic rings. The van der Waals surface area contributed by atoms with Crippen LogP contribution >= 0.6 is 24.8 Å². The van der Waals surface area contributed by atoms with Crippen LogP contribution in [0.1, 0.15) is 48.3 Å². The Bertz CT molecular complexity index is 1380. The molecule has 0 radical (unpaired) electrons. The van der Waals surface area contributed by atoms with Crippen LogP contribution in [-0.2, 0) is 27.7 Å². The molecule has 1 aliphatic rings. The first-order valence-corrected chi connectivity index (χ1v) is 14.6. The number of rotatable bonds is 12. The van der Waals surface area contributed by atoms with E-state index >= 15 is 0 Å². The van der Waals surface area contributed by atoms with Gasteiger partial charge in [0.15, 0.2) is 0 Å². The van der Waals surface area contributed by atoms with Crippen LogP contribution in [0, 0.1) is 5.82 Å². The Morgan fingerprint density at radius 3 is 2.63 bits per heavy atom. The highest BCUT2D eigenvalue weighted by Crippen LogP contribution is 2.36. The van der Waals surface area contributed by atoms with Gasteiger partial charge in [-0.3, -0.25) is 9.78 Å². The lowest BCUT2D eigenvalue weighted by atomic mass is 9.76. The van der Waals surface area contributed by atoms with Gasteiger partial charge in [0, 0.05) is 30.9 Å². The summed E-state index contributed by atoms with van der Waals surface area (Å²) in [4.78, 5) is 16.9. The first-order chi connectivity index (χ1) is 18.8. The van der Waals surface area contributed by atoms with E-state index in [0.717, 1.165) is 36.6 Å². The SMILES string of the molecule is COc1ccc2c(c1)CCC(NC(=O)C(N)CCCCNS(=O)(=O)c1ccccc1F)C2Cc1cccnc1.Cl.Cl. The number of nitrogens with one attached hydrogen (secondary N) is 2. The van der Waals surface area contributed by atoms with Crippen molar-refractivity contribution in [2.45, 2.75) is 61.4 Å². The van der Waals surface area contributed by atoms with Gasteiger partial charge in [-0.2, -0.15) is 0 Å². The minimum absolute atomic E-state index is 0. The molecule has 4 rings (SSSR count). The normalized spacial score (nSPS) is 16.9. The molecule has 4 N–H and O–H groups in total. The van der Waals surface area contributed by atoms with E-state index in [2.05, 4.69) is 27.2 Å². The summed E-state index contributed by atoms with van der Waals surface area (Å²) in [5.74, 6) is -0.141. The lowest BCUT2D eigenvalue weighted by Gasteiger charge is -2.35.